The monoisotopic (exact) mass is 489 g/mol. The van der Waals surface area contributed by atoms with Crippen molar-refractivity contribution in [1.82, 2.24) is 0 Å². The Morgan fingerprint density at radius 3 is 2.62 bits per heavy atom. The van der Waals surface area contributed by atoms with Gasteiger partial charge in [0.05, 0.1) is 12.9 Å². The van der Waals surface area contributed by atoms with E-state index >= 15 is 0 Å². The molecule has 0 unspecified atom stereocenters. The maximum atomic E-state index is 12.6. The predicted octanol–water partition coefficient (Wildman–Crippen LogP) is 7.61. The maximum Gasteiger partial charge on any atom is 0.248 e. The minimum absolute atomic E-state index is 0.187. The number of nitrogens with one attached hydrogen (secondary N) is 1. The Balaban J connectivity index is 1.72. The first-order valence-electron chi connectivity index (χ1n) is 10.4. The number of aryl methyl sites for hydroxylation is 1. The molecule has 162 valence electrons. The first-order valence-corrected chi connectivity index (χ1v) is 11.2. The molecule has 3 aromatic carbocycles. The number of fused-ring (bicyclic) bond motifs is 1. The first kappa shape index (κ1) is 21.9. The number of carbonyl (C=O) groups excluding carboxylic acids is 1. The molecular formula is C27H24BrNO3. The smallest absolute Gasteiger partial charge is 0.248 e. The summed E-state index contributed by atoms with van der Waals surface area (Å²) in [7, 11) is 0. The molecule has 0 spiro atoms. The van der Waals surface area contributed by atoms with Crippen LogP contribution in [0, 0.1) is 6.92 Å². The number of furan rings is 1. The van der Waals surface area contributed by atoms with E-state index in [0.29, 0.717) is 12.4 Å². The van der Waals surface area contributed by atoms with Crippen LogP contribution in [0.1, 0.15) is 25.0 Å². The van der Waals surface area contributed by atoms with Gasteiger partial charge >= 0.3 is 0 Å². The van der Waals surface area contributed by atoms with Gasteiger partial charge in [0, 0.05) is 38.8 Å². The summed E-state index contributed by atoms with van der Waals surface area (Å²) in [6.45, 7) is 6.38. The van der Waals surface area contributed by atoms with Gasteiger partial charge in [-0.1, -0.05) is 45.8 Å². The molecular weight excluding hydrogens is 466 g/mol. The first-order chi connectivity index (χ1) is 15.4. The summed E-state index contributed by atoms with van der Waals surface area (Å²) in [6.07, 6.45) is 3.36. The lowest BCUT2D eigenvalue weighted by Crippen LogP contribution is -2.08. The number of anilines is 1. The topological polar surface area (TPSA) is 51.5 Å². The molecule has 1 aromatic heterocycles. The molecule has 0 aliphatic carbocycles. The van der Waals surface area contributed by atoms with Crippen molar-refractivity contribution in [2.75, 3.05) is 11.9 Å². The number of carbonyl (C=O) groups is 1. The van der Waals surface area contributed by atoms with E-state index in [4.69, 9.17) is 9.15 Å². The van der Waals surface area contributed by atoms with Crippen molar-refractivity contribution in [3.63, 3.8) is 0 Å². The molecule has 0 atom stereocenters. The summed E-state index contributed by atoms with van der Waals surface area (Å²) >= 11 is 3.54. The van der Waals surface area contributed by atoms with Gasteiger partial charge in [-0.2, -0.15) is 0 Å². The molecule has 0 radical (unpaired) electrons. The van der Waals surface area contributed by atoms with E-state index < -0.39 is 0 Å². The van der Waals surface area contributed by atoms with Gasteiger partial charge in [-0.05, 0) is 62.2 Å². The molecule has 0 saturated heterocycles. The second-order valence-electron chi connectivity index (χ2n) is 7.62. The van der Waals surface area contributed by atoms with Crippen molar-refractivity contribution in [3.8, 4) is 16.9 Å². The highest BCUT2D eigenvalue weighted by atomic mass is 79.9. The van der Waals surface area contributed by atoms with E-state index in [0.717, 1.165) is 49.0 Å². The summed E-state index contributed by atoms with van der Waals surface area (Å²) < 4.78 is 12.7. The summed E-state index contributed by atoms with van der Waals surface area (Å²) in [6, 6.07) is 19.7. The van der Waals surface area contributed by atoms with Gasteiger partial charge in [-0.15, -0.1) is 0 Å². The molecule has 0 aliphatic rings. The molecule has 5 heteroatoms. The van der Waals surface area contributed by atoms with Crippen molar-refractivity contribution in [2.45, 2.75) is 20.8 Å². The van der Waals surface area contributed by atoms with Crippen LogP contribution < -0.4 is 10.1 Å². The summed E-state index contributed by atoms with van der Waals surface area (Å²) in [5.41, 5.74) is 6.35. The van der Waals surface area contributed by atoms with Gasteiger partial charge in [0.15, 0.2) is 0 Å². The van der Waals surface area contributed by atoms with Gasteiger partial charge in [-0.25, -0.2) is 0 Å². The van der Waals surface area contributed by atoms with Crippen LogP contribution in [0.2, 0.25) is 0 Å². The molecule has 0 fully saturated rings. The fourth-order valence-electron chi connectivity index (χ4n) is 3.61. The normalized spacial score (nSPS) is 11.6. The third-order valence-corrected chi connectivity index (χ3v) is 5.70. The Bertz CT molecular complexity index is 1300. The molecule has 4 aromatic rings. The number of hydrogen-bond donors (Lipinski definition) is 1. The fourth-order valence-corrected chi connectivity index (χ4v) is 4.01. The molecule has 0 aliphatic heterocycles. The summed E-state index contributed by atoms with van der Waals surface area (Å²) in [5.74, 6) is 0.500. The van der Waals surface area contributed by atoms with Crippen LogP contribution in [0.15, 0.2) is 81.9 Å². The highest BCUT2D eigenvalue weighted by Gasteiger charge is 2.15. The van der Waals surface area contributed by atoms with E-state index in [1.165, 1.54) is 0 Å². The van der Waals surface area contributed by atoms with Crippen LogP contribution in [0.4, 0.5) is 5.69 Å². The molecule has 0 saturated carbocycles. The minimum atomic E-state index is -0.187. The van der Waals surface area contributed by atoms with Crippen LogP contribution in [0.5, 0.6) is 5.75 Å². The number of hydrogen-bond acceptors (Lipinski definition) is 3. The van der Waals surface area contributed by atoms with E-state index in [-0.39, 0.29) is 5.91 Å². The zero-order valence-electron chi connectivity index (χ0n) is 18.2. The van der Waals surface area contributed by atoms with E-state index in [1.807, 2.05) is 75.4 Å². The molecule has 1 N–H and O–H groups in total. The number of amides is 1. The third kappa shape index (κ3) is 4.78. The highest BCUT2D eigenvalue weighted by molar-refractivity contribution is 9.10. The average Bonchev–Trinajstić information content (AvgIpc) is 3.18. The second kappa shape index (κ2) is 9.45. The zero-order valence-corrected chi connectivity index (χ0v) is 19.8. The number of rotatable bonds is 6. The molecule has 1 heterocycles. The van der Waals surface area contributed by atoms with Crippen LogP contribution in [0.3, 0.4) is 0 Å². The van der Waals surface area contributed by atoms with Crippen LogP contribution in [-0.4, -0.2) is 12.5 Å². The van der Waals surface area contributed by atoms with Crippen molar-refractivity contribution in [2.24, 2.45) is 0 Å². The van der Waals surface area contributed by atoms with Gasteiger partial charge in [0.1, 0.15) is 11.3 Å². The molecule has 32 heavy (non-hydrogen) atoms. The minimum Gasteiger partial charge on any atom is -0.493 e. The van der Waals surface area contributed by atoms with Crippen molar-refractivity contribution in [3.05, 3.63) is 88.6 Å². The Morgan fingerprint density at radius 2 is 1.91 bits per heavy atom. The standard InChI is InChI=1S/C27H24BrNO3/c1-4-31-25-15-26-23(24(16-32-26)19-6-5-7-20(28)13-19)14-22(25)18(3)12-27(30)29-21-10-8-17(2)9-11-21/h5-16H,4H2,1-3H3,(H,29,30)/b18-12+. The van der Waals surface area contributed by atoms with Gasteiger partial charge in [0.2, 0.25) is 5.91 Å². The summed E-state index contributed by atoms with van der Waals surface area (Å²) in [4.78, 5) is 12.6. The number of ether oxygens (including phenoxy) is 1. The van der Waals surface area contributed by atoms with Crippen LogP contribution in [0.25, 0.3) is 27.7 Å². The van der Waals surface area contributed by atoms with E-state index in [9.17, 15) is 4.79 Å². The Morgan fingerprint density at radius 1 is 1.12 bits per heavy atom. The molecule has 4 nitrogen and oxygen atoms in total. The largest absolute Gasteiger partial charge is 0.493 e. The number of allylic oxidation sites excluding steroid dienone is 1. The molecule has 4 rings (SSSR count). The van der Waals surface area contributed by atoms with Gasteiger partial charge in [0.25, 0.3) is 0 Å². The van der Waals surface area contributed by atoms with E-state index in [1.54, 1.807) is 12.3 Å². The molecule has 0 bridgehead atoms. The fraction of sp³-hybridized carbons (Fsp3) is 0.148. The lowest BCUT2D eigenvalue weighted by molar-refractivity contribution is -0.111. The summed E-state index contributed by atoms with van der Waals surface area (Å²) in [5, 5.41) is 3.88. The third-order valence-electron chi connectivity index (χ3n) is 5.20. The Labute approximate surface area is 196 Å². The zero-order chi connectivity index (χ0) is 22.7. The van der Waals surface area contributed by atoms with Crippen molar-refractivity contribution >= 4 is 44.1 Å². The average molecular weight is 490 g/mol. The highest BCUT2D eigenvalue weighted by Crippen LogP contribution is 2.38. The van der Waals surface area contributed by atoms with Crippen LogP contribution in [-0.2, 0) is 4.79 Å². The lowest BCUT2D eigenvalue weighted by atomic mass is 9.99. The van der Waals surface area contributed by atoms with Gasteiger partial charge < -0.3 is 14.5 Å². The maximum absolute atomic E-state index is 12.6. The lowest BCUT2D eigenvalue weighted by Gasteiger charge is -2.12. The quantitative estimate of drug-likeness (QED) is 0.283. The Kier molecular flexibility index (Phi) is 6.47. The van der Waals surface area contributed by atoms with E-state index in [2.05, 4.69) is 27.3 Å². The van der Waals surface area contributed by atoms with Crippen molar-refractivity contribution in [1.29, 1.82) is 0 Å². The predicted molar refractivity (Wildman–Crippen MR) is 134 cm³/mol. The number of halogens is 1. The SMILES string of the molecule is CCOc1cc2occ(-c3cccc(Br)c3)c2cc1/C(C)=C/C(=O)Nc1ccc(C)cc1. The van der Waals surface area contributed by atoms with Crippen LogP contribution >= 0.6 is 15.9 Å². The van der Waals surface area contributed by atoms with Gasteiger partial charge in [-0.3, -0.25) is 4.79 Å². The Hall–Kier alpha value is -3.31. The molecule has 1 amide bonds. The van der Waals surface area contributed by atoms with Crippen molar-refractivity contribution < 1.29 is 13.9 Å². The number of benzene rings is 3. The second-order valence-corrected chi connectivity index (χ2v) is 8.54.